The van der Waals surface area contributed by atoms with E-state index < -0.39 is 0 Å². The first kappa shape index (κ1) is 16.5. The van der Waals surface area contributed by atoms with Gasteiger partial charge in [0.2, 0.25) is 0 Å². The fourth-order valence-corrected chi connectivity index (χ4v) is 3.91. The molecule has 0 spiro atoms. The molecule has 0 unspecified atom stereocenters. The number of Topliss-reactive ketones (excluding diaryl/α,β-unsaturated/α-hetero) is 1. The van der Waals surface area contributed by atoms with E-state index in [2.05, 4.69) is 34.6 Å². The number of carbonyl (C=O) groups excluding carboxylic acids is 1. The Balaban J connectivity index is 3.20. The van der Waals surface area contributed by atoms with Gasteiger partial charge in [0.25, 0.3) is 0 Å². The summed E-state index contributed by atoms with van der Waals surface area (Å²) in [5.74, 6) is 0.770. The lowest BCUT2D eigenvalue weighted by atomic mass is 9.75. The molecule has 0 aromatic heterocycles. The normalized spacial score (nSPS) is 27.4. The van der Waals surface area contributed by atoms with Gasteiger partial charge in [0.05, 0.1) is 0 Å². The van der Waals surface area contributed by atoms with Gasteiger partial charge in [0.15, 0.2) is 0 Å². The van der Waals surface area contributed by atoms with Gasteiger partial charge in [-0.05, 0) is 32.6 Å². The molecule has 0 bridgehead atoms. The van der Waals surface area contributed by atoms with Crippen molar-refractivity contribution in [2.24, 2.45) is 11.3 Å². The maximum absolute atomic E-state index is 12.9. The zero-order valence-corrected chi connectivity index (χ0v) is 13.6. The first-order valence-electron chi connectivity index (χ1n) is 8.33. The number of hydrogen-bond acceptors (Lipinski definition) is 1. The summed E-state index contributed by atoms with van der Waals surface area (Å²) in [5, 5.41) is 0. The molecule has 1 aliphatic carbocycles. The van der Waals surface area contributed by atoms with Crippen molar-refractivity contribution in [3.05, 3.63) is 11.1 Å². The van der Waals surface area contributed by atoms with Crippen LogP contribution in [-0.4, -0.2) is 5.78 Å². The van der Waals surface area contributed by atoms with Crippen LogP contribution in [0.2, 0.25) is 0 Å². The smallest absolute Gasteiger partial charge is 0.149 e. The fourth-order valence-electron chi connectivity index (χ4n) is 3.91. The van der Waals surface area contributed by atoms with Crippen molar-refractivity contribution in [1.29, 1.82) is 0 Å². The Morgan fingerprint density at radius 3 is 2.05 bits per heavy atom. The highest BCUT2D eigenvalue weighted by molar-refractivity contribution is 5.95. The maximum Gasteiger partial charge on any atom is 0.149 e. The molecule has 0 saturated heterocycles. The molecule has 1 nitrogen and oxygen atoms in total. The van der Waals surface area contributed by atoms with E-state index in [-0.39, 0.29) is 11.3 Å². The lowest BCUT2D eigenvalue weighted by Gasteiger charge is -2.27. The molecule has 0 amide bonds. The summed E-state index contributed by atoms with van der Waals surface area (Å²) in [6.45, 7) is 11.1. The number of rotatable bonds is 8. The van der Waals surface area contributed by atoms with Gasteiger partial charge in [-0.25, -0.2) is 0 Å². The van der Waals surface area contributed by atoms with Crippen molar-refractivity contribution in [3.63, 3.8) is 0 Å². The quantitative estimate of drug-likeness (QED) is 0.515. The molecule has 1 rings (SSSR count). The lowest BCUT2D eigenvalue weighted by molar-refractivity contribution is -0.128. The molecule has 0 radical (unpaired) electrons. The third-order valence-corrected chi connectivity index (χ3v) is 4.68. The van der Waals surface area contributed by atoms with Crippen LogP contribution in [-0.2, 0) is 4.79 Å². The topological polar surface area (TPSA) is 17.1 Å². The van der Waals surface area contributed by atoms with Gasteiger partial charge in [0.1, 0.15) is 5.78 Å². The Kier molecular flexibility index (Phi) is 6.29. The standard InChI is InChI=1S/C18H32O/c1-6-10-14-15(11-7-2)17(19)18(5,13-9-4)16(14)12-8-3/h15H,6-13H2,1-5H3/t15-,18-/m1/s1. The van der Waals surface area contributed by atoms with Crippen LogP contribution in [0.1, 0.15) is 86.0 Å². The van der Waals surface area contributed by atoms with Crippen LogP contribution < -0.4 is 0 Å². The minimum absolute atomic E-state index is 0.144. The van der Waals surface area contributed by atoms with Gasteiger partial charge in [-0.1, -0.05) is 64.5 Å². The fraction of sp³-hybridized carbons (Fsp3) is 0.833. The highest BCUT2D eigenvalue weighted by atomic mass is 16.1. The van der Waals surface area contributed by atoms with Gasteiger partial charge in [0, 0.05) is 11.3 Å². The van der Waals surface area contributed by atoms with Crippen molar-refractivity contribution in [2.45, 2.75) is 86.0 Å². The van der Waals surface area contributed by atoms with Crippen molar-refractivity contribution in [2.75, 3.05) is 0 Å². The highest BCUT2D eigenvalue weighted by Gasteiger charge is 2.47. The first-order valence-corrected chi connectivity index (χ1v) is 8.33. The van der Waals surface area contributed by atoms with Crippen LogP contribution in [0.5, 0.6) is 0 Å². The van der Waals surface area contributed by atoms with Crippen molar-refractivity contribution in [1.82, 2.24) is 0 Å². The summed E-state index contributed by atoms with van der Waals surface area (Å²) < 4.78 is 0. The summed E-state index contributed by atoms with van der Waals surface area (Å²) >= 11 is 0. The van der Waals surface area contributed by atoms with E-state index in [4.69, 9.17) is 0 Å². The van der Waals surface area contributed by atoms with E-state index in [1.165, 1.54) is 11.1 Å². The number of hydrogen-bond donors (Lipinski definition) is 0. The van der Waals surface area contributed by atoms with Crippen LogP contribution in [0.4, 0.5) is 0 Å². The molecule has 2 atom stereocenters. The summed E-state index contributed by atoms with van der Waals surface area (Å²) in [5.41, 5.74) is 2.89. The molecule has 0 aromatic rings. The van der Waals surface area contributed by atoms with E-state index in [1.54, 1.807) is 0 Å². The molecule has 0 saturated carbocycles. The Bertz CT molecular complexity index is 340. The molecular formula is C18H32O. The molecule has 19 heavy (non-hydrogen) atoms. The molecular weight excluding hydrogens is 232 g/mol. The Labute approximate surface area is 119 Å². The largest absolute Gasteiger partial charge is 0.298 e. The maximum atomic E-state index is 12.9. The van der Waals surface area contributed by atoms with Crippen LogP contribution in [0.25, 0.3) is 0 Å². The van der Waals surface area contributed by atoms with Crippen LogP contribution in [0, 0.1) is 11.3 Å². The molecule has 0 aromatic carbocycles. The Morgan fingerprint density at radius 1 is 0.947 bits per heavy atom. The third kappa shape index (κ3) is 3.12. The van der Waals surface area contributed by atoms with Crippen molar-refractivity contribution >= 4 is 5.78 Å². The van der Waals surface area contributed by atoms with E-state index in [9.17, 15) is 4.79 Å². The van der Waals surface area contributed by atoms with Crippen molar-refractivity contribution in [3.8, 4) is 0 Å². The average molecular weight is 264 g/mol. The van der Waals surface area contributed by atoms with E-state index >= 15 is 0 Å². The number of allylic oxidation sites excluding steroid dienone is 2. The van der Waals surface area contributed by atoms with Crippen LogP contribution in [0.3, 0.4) is 0 Å². The predicted octanol–water partition coefficient (Wildman–Crippen LogP) is 5.69. The lowest BCUT2D eigenvalue weighted by Crippen LogP contribution is -2.29. The summed E-state index contributed by atoms with van der Waals surface area (Å²) in [4.78, 5) is 12.9. The van der Waals surface area contributed by atoms with Gasteiger partial charge < -0.3 is 0 Å². The first-order chi connectivity index (χ1) is 9.06. The molecule has 1 aliphatic rings. The Morgan fingerprint density at radius 2 is 1.58 bits per heavy atom. The molecule has 0 aliphatic heterocycles. The minimum Gasteiger partial charge on any atom is -0.298 e. The second kappa shape index (κ2) is 7.26. The van der Waals surface area contributed by atoms with Gasteiger partial charge in [-0.2, -0.15) is 0 Å². The monoisotopic (exact) mass is 264 g/mol. The molecule has 1 heteroatoms. The van der Waals surface area contributed by atoms with E-state index in [0.717, 1.165) is 51.4 Å². The van der Waals surface area contributed by atoms with Gasteiger partial charge in [-0.3, -0.25) is 4.79 Å². The average Bonchev–Trinajstić information content (AvgIpc) is 2.56. The third-order valence-electron chi connectivity index (χ3n) is 4.68. The molecule has 110 valence electrons. The highest BCUT2D eigenvalue weighted by Crippen LogP contribution is 2.50. The molecule has 0 heterocycles. The predicted molar refractivity (Wildman–Crippen MR) is 83.3 cm³/mol. The zero-order chi connectivity index (χ0) is 14.5. The Hall–Kier alpha value is -0.590. The molecule has 0 fully saturated rings. The second-order valence-electron chi connectivity index (χ2n) is 6.29. The summed E-state index contributed by atoms with van der Waals surface area (Å²) in [7, 11) is 0. The van der Waals surface area contributed by atoms with E-state index in [1.807, 2.05) is 0 Å². The summed E-state index contributed by atoms with van der Waals surface area (Å²) in [6, 6.07) is 0. The van der Waals surface area contributed by atoms with Crippen LogP contribution >= 0.6 is 0 Å². The number of carbonyl (C=O) groups is 1. The number of ketones is 1. The SMILES string of the molecule is CCCC1=C(CCC)[C@@](C)(CCC)C(=O)[C@@H]1CCC. The van der Waals surface area contributed by atoms with Gasteiger partial charge in [-0.15, -0.1) is 0 Å². The van der Waals surface area contributed by atoms with Crippen molar-refractivity contribution < 1.29 is 4.79 Å². The summed E-state index contributed by atoms with van der Waals surface area (Å²) in [6.07, 6.45) is 8.89. The zero-order valence-electron chi connectivity index (χ0n) is 13.6. The van der Waals surface area contributed by atoms with Crippen LogP contribution in [0.15, 0.2) is 11.1 Å². The second-order valence-corrected chi connectivity index (χ2v) is 6.29. The van der Waals surface area contributed by atoms with Gasteiger partial charge >= 0.3 is 0 Å². The van der Waals surface area contributed by atoms with E-state index in [0.29, 0.717) is 5.78 Å². The molecule has 0 N–H and O–H groups in total. The minimum atomic E-state index is -0.144.